The Morgan fingerprint density at radius 2 is 2.06 bits per heavy atom. The lowest BCUT2D eigenvalue weighted by atomic mass is 9.88. The second-order valence-electron chi connectivity index (χ2n) is 4.94. The van der Waals surface area contributed by atoms with Crippen LogP contribution in [-0.4, -0.2) is 17.7 Å². The van der Waals surface area contributed by atoms with Crippen LogP contribution < -0.4 is 0 Å². The highest BCUT2D eigenvalue weighted by atomic mass is 35.5. The largest absolute Gasteiger partial charge is 0.481 e. The lowest BCUT2D eigenvalue weighted by molar-refractivity contribution is -0.147. The minimum absolute atomic E-state index is 0.465. The number of halogens is 1. The summed E-state index contributed by atoms with van der Waals surface area (Å²) >= 11 is 5.99. The Bertz CT molecular complexity index is 402. The number of rotatable bonds is 7. The van der Waals surface area contributed by atoms with Gasteiger partial charge in [-0.05, 0) is 38.3 Å². The predicted octanol–water partition coefficient (Wildman–Crippen LogP) is 3.75. The average Bonchev–Trinajstić information content (AvgIpc) is 2.30. The lowest BCUT2D eigenvalue weighted by Gasteiger charge is -2.18. The lowest BCUT2D eigenvalue weighted by Crippen LogP contribution is -2.23. The van der Waals surface area contributed by atoms with Crippen molar-refractivity contribution in [3.63, 3.8) is 0 Å². The van der Waals surface area contributed by atoms with Crippen molar-refractivity contribution in [2.75, 3.05) is 6.61 Å². The highest BCUT2D eigenvalue weighted by molar-refractivity contribution is 6.31. The Hall–Kier alpha value is -1.06. The third-order valence-corrected chi connectivity index (χ3v) is 3.25. The summed E-state index contributed by atoms with van der Waals surface area (Å²) in [6.45, 7) is 4.46. The van der Waals surface area contributed by atoms with Crippen molar-refractivity contribution < 1.29 is 14.6 Å². The molecule has 0 aliphatic carbocycles. The zero-order chi connectivity index (χ0) is 13.6. The first-order chi connectivity index (χ1) is 8.43. The number of carbonyl (C=O) groups is 1. The van der Waals surface area contributed by atoms with E-state index in [-0.39, 0.29) is 0 Å². The van der Waals surface area contributed by atoms with E-state index in [1.165, 1.54) is 0 Å². The summed E-state index contributed by atoms with van der Waals surface area (Å²) in [7, 11) is 0. The number of benzene rings is 1. The van der Waals surface area contributed by atoms with Gasteiger partial charge in [0.05, 0.1) is 12.0 Å². The van der Waals surface area contributed by atoms with Crippen molar-refractivity contribution in [2.24, 2.45) is 5.41 Å². The Morgan fingerprint density at radius 1 is 1.39 bits per heavy atom. The fraction of sp³-hybridized carbons (Fsp3) is 0.500. The quantitative estimate of drug-likeness (QED) is 0.768. The van der Waals surface area contributed by atoms with Crippen LogP contribution in [0.4, 0.5) is 0 Å². The van der Waals surface area contributed by atoms with E-state index in [0.717, 1.165) is 12.0 Å². The number of carboxylic acid groups (broad SMARTS) is 1. The normalized spacial score (nSPS) is 11.5. The molecule has 0 spiro atoms. The van der Waals surface area contributed by atoms with Crippen LogP contribution in [0.2, 0.25) is 5.02 Å². The maximum absolute atomic E-state index is 10.9. The fourth-order valence-corrected chi connectivity index (χ4v) is 1.71. The number of aliphatic carboxylic acids is 1. The second kappa shape index (κ2) is 6.76. The molecule has 1 aromatic rings. The smallest absolute Gasteiger partial charge is 0.309 e. The van der Waals surface area contributed by atoms with Crippen molar-refractivity contribution in [3.05, 3.63) is 34.9 Å². The molecule has 0 unspecified atom stereocenters. The topological polar surface area (TPSA) is 46.5 Å². The van der Waals surface area contributed by atoms with Crippen LogP contribution in [0.1, 0.15) is 32.3 Å². The molecule has 0 aliphatic heterocycles. The molecule has 0 fully saturated rings. The molecular formula is C14H19ClO3. The van der Waals surface area contributed by atoms with E-state index >= 15 is 0 Å². The van der Waals surface area contributed by atoms with Gasteiger partial charge in [0.15, 0.2) is 0 Å². The Kier molecular flexibility index (Phi) is 5.63. The Balaban J connectivity index is 2.24. The van der Waals surface area contributed by atoms with Crippen LogP contribution >= 0.6 is 11.6 Å². The van der Waals surface area contributed by atoms with E-state index < -0.39 is 11.4 Å². The molecule has 18 heavy (non-hydrogen) atoms. The van der Waals surface area contributed by atoms with Gasteiger partial charge < -0.3 is 9.84 Å². The molecule has 0 aromatic heterocycles. The van der Waals surface area contributed by atoms with Gasteiger partial charge in [-0.15, -0.1) is 0 Å². The van der Waals surface area contributed by atoms with E-state index in [9.17, 15) is 4.79 Å². The van der Waals surface area contributed by atoms with Gasteiger partial charge in [0, 0.05) is 11.6 Å². The minimum atomic E-state index is -0.770. The first kappa shape index (κ1) is 15.0. The maximum atomic E-state index is 10.9. The third kappa shape index (κ3) is 4.67. The summed E-state index contributed by atoms with van der Waals surface area (Å²) in [5, 5.41) is 9.65. The van der Waals surface area contributed by atoms with Gasteiger partial charge in [-0.2, -0.15) is 0 Å². The van der Waals surface area contributed by atoms with Crippen LogP contribution in [0.25, 0.3) is 0 Å². The van der Waals surface area contributed by atoms with Crippen molar-refractivity contribution in [1.82, 2.24) is 0 Å². The first-order valence-electron chi connectivity index (χ1n) is 5.98. The van der Waals surface area contributed by atoms with Gasteiger partial charge in [-0.25, -0.2) is 0 Å². The molecule has 1 rings (SSSR count). The molecule has 100 valence electrons. The van der Waals surface area contributed by atoms with Crippen LogP contribution in [0.3, 0.4) is 0 Å². The summed E-state index contributed by atoms with van der Waals surface area (Å²) in [5.74, 6) is -0.770. The van der Waals surface area contributed by atoms with Crippen LogP contribution in [0.5, 0.6) is 0 Å². The van der Waals surface area contributed by atoms with E-state index in [1.807, 2.05) is 24.3 Å². The highest BCUT2D eigenvalue weighted by Gasteiger charge is 2.26. The zero-order valence-electron chi connectivity index (χ0n) is 10.8. The molecule has 1 N–H and O–H groups in total. The summed E-state index contributed by atoms with van der Waals surface area (Å²) in [4.78, 5) is 10.9. The van der Waals surface area contributed by atoms with E-state index in [2.05, 4.69) is 0 Å². The molecule has 0 bridgehead atoms. The molecule has 1 aromatic carbocycles. The summed E-state index contributed by atoms with van der Waals surface area (Å²) < 4.78 is 5.50. The van der Waals surface area contributed by atoms with Crippen LogP contribution in [-0.2, 0) is 16.1 Å². The molecule has 0 saturated heterocycles. The Morgan fingerprint density at radius 3 is 2.67 bits per heavy atom. The fourth-order valence-electron chi connectivity index (χ4n) is 1.52. The molecule has 0 amide bonds. The van der Waals surface area contributed by atoms with Gasteiger partial charge >= 0.3 is 5.97 Å². The van der Waals surface area contributed by atoms with E-state index in [4.69, 9.17) is 21.4 Å². The molecule has 3 nitrogen and oxygen atoms in total. The summed E-state index contributed by atoms with van der Waals surface area (Å²) in [5.41, 5.74) is 0.268. The standard InChI is InChI=1S/C14H19ClO3/c1-14(2,13(16)17)8-5-9-18-10-11-6-3-4-7-12(11)15/h3-4,6-7H,5,8-10H2,1-2H3,(H,16,17). The van der Waals surface area contributed by atoms with Crippen molar-refractivity contribution in [1.29, 1.82) is 0 Å². The van der Waals surface area contributed by atoms with Crippen molar-refractivity contribution >= 4 is 17.6 Å². The van der Waals surface area contributed by atoms with E-state index in [1.54, 1.807) is 13.8 Å². The first-order valence-corrected chi connectivity index (χ1v) is 6.36. The van der Waals surface area contributed by atoms with Gasteiger partial charge in [0.2, 0.25) is 0 Å². The summed E-state index contributed by atoms with van der Waals surface area (Å²) in [6, 6.07) is 7.54. The van der Waals surface area contributed by atoms with Gasteiger partial charge in [-0.3, -0.25) is 4.79 Å². The van der Waals surface area contributed by atoms with Crippen molar-refractivity contribution in [3.8, 4) is 0 Å². The minimum Gasteiger partial charge on any atom is -0.481 e. The van der Waals surface area contributed by atoms with E-state index in [0.29, 0.717) is 24.7 Å². The molecule has 4 heteroatoms. The van der Waals surface area contributed by atoms with Crippen LogP contribution in [0.15, 0.2) is 24.3 Å². The predicted molar refractivity (Wildman–Crippen MR) is 71.8 cm³/mol. The SMILES string of the molecule is CC(C)(CCCOCc1ccccc1Cl)C(=O)O. The van der Waals surface area contributed by atoms with Gasteiger partial charge in [0.25, 0.3) is 0 Å². The molecule has 0 aliphatic rings. The zero-order valence-corrected chi connectivity index (χ0v) is 11.5. The third-order valence-electron chi connectivity index (χ3n) is 2.88. The number of hydrogen-bond donors (Lipinski definition) is 1. The summed E-state index contributed by atoms with van der Waals surface area (Å²) in [6.07, 6.45) is 1.33. The molecule has 0 heterocycles. The van der Waals surface area contributed by atoms with Gasteiger partial charge in [-0.1, -0.05) is 29.8 Å². The molecule has 0 atom stereocenters. The number of ether oxygens (including phenoxy) is 1. The van der Waals surface area contributed by atoms with Crippen molar-refractivity contribution in [2.45, 2.75) is 33.3 Å². The Labute approximate surface area is 113 Å². The second-order valence-corrected chi connectivity index (χ2v) is 5.34. The van der Waals surface area contributed by atoms with Crippen LogP contribution in [0, 0.1) is 5.41 Å². The monoisotopic (exact) mass is 270 g/mol. The molecular weight excluding hydrogens is 252 g/mol. The highest BCUT2D eigenvalue weighted by Crippen LogP contribution is 2.22. The molecule has 0 radical (unpaired) electrons. The number of carboxylic acids is 1. The number of hydrogen-bond acceptors (Lipinski definition) is 2. The average molecular weight is 271 g/mol. The molecule has 0 saturated carbocycles. The maximum Gasteiger partial charge on any atom is 0.309 e. The van der Waals surface area contributed by atoms with Gasteiger partial charge in [0.1, 0.15) is 0 Å².